The van der Waals surface area contributed by atoms with Crippen molar-refractivity contribution in [2.24, 2.45) is 5.92 Å². The maximum absolute atomic E-state index is 4.67. The van der Waals surface area contributed by atoms with Crippen LogP contribution in [0, 0.1) is 5.92 Å². The van der Waals surface area contributed by atoms with Crippen molar-refractivity contribution in [2.75, 3.05) is 24.5 Å². The van der Waals surface area contributed by atoms with Crippen molar-refractivity contribution in [3.8, 4) is 0 Å². The fraction of sp³-hybridized carbons (Fsp3) is 0.600. The Hall–Kier alpha value is -1.14. The molecule has 4 heterocycles. The Bertz CT molecular complexity index is 626. The number of anilines is 1. The van der Waals surface area contributed by atoms with Gasteiger partial charge in [0.15, 0.2) is 5.65 Å². The van der Waals surface area contributed by atoms with Gasteiger partial charge in [-0.1, -0.05) is 0 Å². The van der Waals surface area contributed by atoms with Gasteiger partial charge in [-0.2, -0.15) is 4.98 Å². The van der Waals surface area contributed by atoms with E-state index in [4.69, 9.17) is 0 Å². The highest BCUT2D eigenvalue weighted by atomic mass is 79.9. The second-order valence-electron chi connectivity index (χ2n) is 6.06. The molecule has 0 amide bonds. The van der Waals surface area contributed by atoms with Gasteiger partial charge in [-0.15, -0.1) is 5.10 Å². The summed E-state index contributed by atoms with van der Waals surface area (Å²) < 4.78 is 2.85. The molecule has 0 spiro atoms. The lowest BCUT2D eigenvalue weighted by Gasteiger charge is -2.34. The largest absolute Gasteiger partial charge is 0.339 e. The zero-order valence-corrected chi connectivity index (χ0v) is 13.6. The van der Waals surface area contributed by atoms with Crippen LogP contribution in [0.25, 0.3) is 5.65 Å². The Morgan fingerprint density at radius 3 is 2.81 bits per heavy atom. The van der Waals surface area contributed by atoms with Crippen LogP contribution in [0.3, 0.4) is 0 Å². The number of hydrogen-bond donors (Lipinski definition) is 1. The molecule has 0 bridgehead atoms. The zero-order chi connectivity index (χ0) is 14.2. The molecule has 6 heteroatoms. The van der Waals surface area contributed by atoms with Crippen LogP contribution in [-0.2, 0) is 0 Å². The predicted molar refractivity (Wildman–Crippen MR) is 86.6 cm³/mol. The minimum Gasteiger partial charge on any atom is -0.339 e. The van der Waals surface area contributed by atoms with Gasteiger partial charge in [0, 0.05) is 25.3 Å². The van der Waals surface area contributed by atoms with Crippen LogP contribution in [-0.4, -0.2) is 40.3 Å². The Morgan fingerprint density at radius 2 is 2.10 bits per heavy atom. The van der Waals surface area contributed by atoms with E-state index in [0.29, 0.717) is 0 Å². The van der Waals surface area contributed by atoms with E-state index in [0.717, 1.165) is 41.1 Å². The Balaban J connectivity index is 1.48. The standard InChI is InChI=1S/C15H20BrN5/c16-12-3-2-8-21-14(12)18-15(19-21)20-9-5-11(6-10-20)13-4-1-7-17-13/h2-3,8,11,13,17H,1,4-7,9-10H2. The Morgan fingerprint density at radius 1 is 1.24 bits per heavy atom. The normalized spacial score (nSPS) is 24.0. The molecule has 2 aliphatic heterocycles. The van der Waals surface area contributed by atoms with Crippen molar-refractivity contribution < 1.29 is 0 Å². The summed E-state index contributed by atoms with van der Waals surface area (Å²) in [4.78, 5) is 7.00. The summed E-state index contributed by atoms with van der Waals surface area (Å²) in [7, 11) is 0. The quantitative estimate of drug-likeness (QED) is 0.904. The van der Waals surface area contributed by atoms with Crippen molar-refractivity contribution in [3.05, 3.63) is 22.8 Å². The van der Waals surface area contributed by atoms with Crippen LogP contribution in [0.4, 0.5) is 5.95 Å². The van der Waals surface area contributed by atoms with Crippen molar-refractivity contribution in [3.63, 3.8) is 0 Å². The molecule has 4 rings (SSSR count). The highest BCUT2D eigenvalue weighted by molar-refractivity contribution is 9.10. The summed E-state index contributed by atoms with van der Waals surface area (Å²) >= 11 is 3.54. The average Bonchev–Trinajstić information content (AvgIpc) is 3.18. The molecular weight excluding hydrogens is 330 g/mol. The summed E-state index contributed by atoms with van der Waals surface area (Å²) in [5, 5.41) is 8.26. The second kappa shape index (κ2) is 5.57. The third-order valence-electron chi connectivity index (χ3n) is 4.79. The van der Waals surface area contributed by atoms with Gasteiger partial charge in [0.05, 0.1) is 4.47 Å². The van der Waals surface area contributed by atoms with E-state index in [1.165, 1.54) is 32.2 Å². The summed E-state index contributed by atoms with van der Waals surface area (Å²) in [5.74, 6) is 1.69. The molecule has 0 saturated carbocycles. The SMILES string of the molecule is Brc1cccn2nc(N3CCC(C4CCCN4)CC3)nc12. The summed E-state index contributed by atoms with van der Waals surface area (Å²) in [6, 6.07) is 4.73. The third-order valence-corrected chi connectivity index (χ3v) is 5.41. The molecule has 1 unspecified atom stereocenters. The Labute approximate surface area is 132 Å². The number of rotatable bonds is 2. The van der Waals surface area contributed by atoms with E-state index in [9.17, 15) is 0 Å². The molecule has 0 aromatic carbocycles. The van der Waals surface area contributed by atoms with Gasteiger partial charge in [0.25, 0.3) is 0 Å². The van der Waals surface area contributed by atoms with E-state index in [1.807, 2.05) is 22.8 Å². The maximum Gasteiger partial charge on any atom is 0.245 e. The van der Waals surface area contributed by atoms with Crippen LogP contribution in [0.15, 0.2) is 22.8 Å². The lowest BCUT2D eigenvalue weighted by atomic mass is 9.89. The maximum atomic E-state index is 4.67. The van der Waals surface area contributed by atoms with Crippen LogP contribution in [0.1, 0.15) is 25.7 Å². The van der Waals surface area contributed by atoms with E-state index in [1.54, 1.807) is 0 Å². The minimum atomic E-state index is 0.746. The van der Waals surface area contributed by atoms with Crippen molar-refractivity contribution >= 4 is 27.5 Å². The number of nitrogens with zero attached hydrogens (tertiary/aromatic N) is 4. The van der Waals surface area contributed by atoms with Gasteiger partial charge in [-0.05, 0) is 66.2 Å². The van der Waals surface area contributed by atoms with E-state index >= 15 is 0 Å². The molecule has 0 radical (unpaired) electrons. The summed E-state index contributed by atoms with van der Waals surface area (Å²) in [5.41, 5.74) is 0.895. The van der Waals surface area contributed by atoms with Crippen LogP contribution < -0.4 is 10.2 Å². The zero-order valence-electron chi connectivity index (χ0n) is 12.0. The first-order valence-corrected chi connectivity index (χ1v) is 8.60. The number of nitrogens with one attached hydrogen (secondary N) is 1. The monoisotopic (exact) mass is 349 g/mol. The molecule has 2 fully saturated rings. The molecule has 2 aliphatic rings. The number of hydrogen-bond acceptors (Lipinski definition) is 4. The molecule has 2 saturated heterocycles. The molecule has 112 valence electrons. The first kappa shape index (κ1) is 13.5. The van der Waals surface area contributed by atoms with Gasteiger partial charge in [0.1, 0.15) is 0 Å². The van der Waals surface area contributed by atoms with Crippen LogP contribution >= 0.6 is 15.9 Å². The molecule has 1 atom stereocenters. The number of pyridine rings is 1. The van der Waals surface area contributed by atoms with Gasteiger partial charge in [-0.3, -0.25) is 0 Å². The van der Waals surface area contributed by atoms with Crippen molar-refractivity contribution in [1.29, 1.82) is 0 Å². The van der Waals surface area contributed by atoms with Crippen molar-refractivity contribution in [2.45, 2.75) is 31.7 Å². The Kier molecular flexibility index (Phi) is 3.59. The second-order valence-corrected chi connectivity index (χ2v) is 6.92. The van der Waals surface area contributed by atoms with Crippen LogP contribution in [0.5, 0.6) is 0 Å². The lowest BCUT2D eigenvalue weighted by Crippen LogP contribution is -2.41. The van der Waals surface area contributed by atoms with E-state index in [-0.39, 0.29) is 0 Å². The first-order chi connectivity index (χ1) is 10.3. The molecule has 0 aliphatic carbocycles. The molecule has 2 aromatic rings. The third kappa shape index (κ3) is 2.55. The lowest BCUT2D eigenvalue weighted by molar-refractivity contribution is 0.317. The summed E-state index contributed by atoms with van der Waals surface area (Å²) in [6.07, 6.45) is 7.13. The first-order valence-electron chi connectivity index (χ1n) is 7.80. The predicted octanol–water partition coefficient (Wildman–Crippen LogP) is 2.46. The summed E-state index contributed by atoms with van der Waals surface area (Å²) in [6.45, 7) is 3.33. The fourth-order valence-electron chi connectivity index (χ4n) is 3.61. The molecule has 1 N–H and O–H groups in total. The number of halogens is 1. The smallest absolute Gasteiger partial charge is 0.245 e. The van der Waals surface area contributed by atoms with Crippen molar-refractivity contribution in [1.82, 2.24) is 19.9 Å². The molecule has 2 aromatic heterocycles. The van der Waals surface area contributed by atoms with Gasteiger partial charge in [-0.25, -0.2) is 4.52 Å². The number of fused-ring (bicyclic) bond motifs is 1. The van der Waals surface area contributed by atoms with E-state index in [2.05, 4.69) is 36.2 Å². The van der Waals surface area contributed by atoms with E-state index < -0.39 is 0 Å². The van der Waals surface area contributed by atoms with Gasteiger partial charge < -0.3 is 10.2 Å². The fourth-order valence-corrected chi connectivity index (χ4v) is 4.03. The topological polar surface area (TPSA) is 45.5 Å². The highest BCUT2D eigenvalue weighted by Crippen LogP contribution is 2.28. The molecule has 21 heavy (non-hydrogen) atoms. The van der Waals surface area contributed by atoms with Gasteiger partial charge >= 0.3 is 0 Å². The van der Waals surface area contributed by atoms with Crippen LogP contribution in [0.2, 0.25) is 0 Å². The van der Waals surface area contributed by atoms with Gasteiger partial charge in [0.2, 0.25) is 5.95 Å². The average molecular weight is 350 g/mol. The highest BCUT2D eigenvalue weighted by Gasteiger charge is 2.29. The molecular formula is C15H20BrN5. The number of aromatic nitrogens is 3. The minimum absolute atomic E-state index is 0.746. The molecule has 5 nitrogen and oxygen atoms in total. The number of piperidine rings is 1.